The summed E-state index contributed by atoms with van der Waals surface area (Å²) in [6, 6.07) is 11.8. The fourth-order valence-corrected chi connectivity index (χ4v) is 3.98. The van der Waals surface area contributed by atoms with E-state index in [1.54, 1.807) is 22.8 Å². The molecule has 8 heteroatoms. The Hall–Kier alpha value is -2.64. The number of anilines is 1. The van der Waals surface area contributed by atoms with Crippen molar-refractivity contribution in [2.45, 2.75) is 26.3 Å². The summed E-state index contributed by atoms with van der Waals surface area (Å²) in [7, 11) is 0. The normalized spacial score (nSPS) is 14.6. The first kappa shape index (κ1) is 23.0. The maximum atomic E-state index is 13.1. The van der Waals surface area contributed by atoms with Crippen molar-refractivity contribution in [2.75, 3.05) is 37.6 Å². The Bertz CT molecular complexity index is 1090. The Kier molecular flexibility index (Phi) is 7.51. The lowest BCUT2D eigenvalue weighted by molar-refractivity contribution is 0.101. The number of Topliss-reactive ketones (excluding diaryl/α,β-unsaturated/α-hetero) is 1. The van der Waals surface area contributed by atoms with Crippen molar-refractivity contribution in [3.05, 3.63) is 64.4 Å². The third-order valence-corrected chi connectivity index (χ3v) is 5.74. The van der Waals surface area contributed by atoms with Crippen LogP contribution >= 0.6 is 12.4 Å². The SMILES string of the molecule is CC(=O)c1ccc2c(c1)oc(=O)n2CCCCN1CCN(c2ccc(F)cc2)CC1.Cl. The van der Waals surface area contributed by atoms with Gasteiger partial charge in [-0.15, -0.1) is 12.4 Å². The zero-order valence-corrected chi connectivity index (χ0v) is 18.4. The number of ketones is 1. The van der Waals surface area contributed by atoms with Crippen LogP contribution in [0.5, 0.6) is 0 Å². The fraction of sp³-hybridized carbons (Fsp3) is 0.391. The molecule has 0 unspecified atom stereocenters. The second-order valence-corrected chi connectivity index (χ2v) is 7.77. The van der Waals surface area contributed by atoms with Gasteiger partial charge in [-0.2, -0.15) is 0 Å². The summed E-state index contributed by atoms with van der Waals surface area (Å²) in [6.07, 6.45) is 1.86. The van der Waals surface area contributed by atoms with Gasteiger partial charge in [-0.3, -0.25) is 14.3 Å². The Labute approximate surface area is 186 Å². The maximum absolute atomic E-state index is 13.1. The first-order valence-corrected chi connectivity index (χ1v) is 10.4. The van der Waals surface area contributed by atoms with Gasteiger partial charge in [0.25, 0.3) is 0 Å². The van der Waals surface area contributed by atoms with E-state index in [0.717, 1.165) is 56.8 Å². The Morgan fingerprint density at radius 1 is 1.00 bits per heavy atom. The number of oxazole rings is 1. The summed E-state index contributed by atoms with van der Waals surface area (Å²) in [4.78, 5) is 28.4. The standard InChI is InChI=1S/C23H26FN3O3.ClH/c1-17(28)18-4-9-21-22(16-18)30-23(29)27(21)11-3-2-10-25-12-14-26(15-13-25)20-7-5-19(24)6-8-20;/h4-9,16H,2-3,10-15H2,1H3;1H. The number of carbonyl (C=O) groups excluding carboxylic acids is 1. The van der Waals surface area contributed by atoms with Gasteiger partial charge in [-0.1, -0.05) is 0 Å². The number of hydrogen-bond donors (Lipinski definition) is 0. The van der Waals surface area contributed by atoms with E-state index in [1.807, 2.05) is 12.1 Å². The molecule has 0 radical (unpaired) electrons. The van der Waals surface area contributed by atoms with Crippen LogP contribution < -0.4 is 10.7 Å². The van der Waals surface area contributed by atoms with Crippen LogP contribution in [0.25, 0.3) is 11.1 Å². The average molecular weight is 448 g/mol. The molecule has 0 aliphatic carbocycles. The molecule has 1 aliphatic rings. The minimum atomic E-state index is -0.376. The monoisotopic (exact) mass is 447 g/mol. The molecule has 2 aromatic carbocycles. The van der Waals surface area contributed by atoms with Crippen molar-refractivity contribution < 1.29 is 13.6 Å². The van der Waals surface area contributed by atoms with Crippen molar-refractivity contribution in [2.24, 2.45) is 0 Å². The molecule has 1 aliphatic heterocycles. The van der Waals surface area contributed by atoms with E-state index in [2.05, 4.69) is 9.80 Å². The van der Waals surface area contributed by atoms with Crippen molar-refractivity contribution >= 4 is 35.0 Å². The highest BCUT2D eigenvalue weighted by atomic mass is 35.5. The van der Waals surface area contributed by atoms with Gasteiger partial charge in [0.2, 0.25) is 0 Å². The van der Waals surface area contributed by atoms with Gasteiger partial charge in [0, 0.05) is 44.0 Å². The highest BCUT2D eigenvalue weighted by molar-refractivity contribution is 5.96. The molecule has 1 aromatic heterocycles. The van der Waals surface area contributed by atoms with Gasteiger partial charge in [-0.05, 0) is 68.8 Å². The predicted molar refractivity (Wildman–Crippen MR) is 122 cm³/mol. The number of halogens is 2. The maximum Gasteiger partial charge on any atom is 0.419 e. The molecule has 1 fully saturated rings. The molecule has 166 valence electrons. The zero-order valence-electron chi connectivity index (χ0n) is 17.6. The summed E-state index contributed by atoms with van der Waals surface area (Å²) in [5.74, 6) is -0.633. The first-order valence-electron chi connectivity index (χ1n) is 10.4. The quantitative estimate of drug-likeness (QED) is 0.405. The lowest BCUT2D eigenvalue weighted by Gasteiger charge is -2.36. The predicted octanol–water partition coefficient (Wildman–Crippen LogP) is 3.96. The first-order chi connectivity index (χ1) is 14.5. The molecular weight excluding hydrogens is 421 g/mol. The summed E-state index contributed by atoms with van der Waals surface area (Å²) >= 11 is 0. The van der Waals surface area contributed by atoms with Gasteiger partial charge in [0.15, 0.2) is 11.4 Å². The lowest BCUT2D eigenvalue weighted by atomic mass is 10.1. The van der Waals surface area contributed by atoms with Crippen LogP contribution in [0.4, 0.5) is 10.1 Å². The highest BCUT2D eigenvalue weighted by Crippen LogP contribution is 2.18. The molecule has 0 bridgehead atoms. The molecule has 0 atom stereocenters. The minimum absolute atomic E-state index is 0. The van der Waals surface area contributed by atoms with Crippen molar-refractivity contribution in [1.82, 2.24) is 9.47 Å². The highest BCUT2D eigenvalue weighted by Gasteiger charge is 2.17. The van der Waals surface area contributed by atoms with E-state index >= 15 is 0 Å². The molecule has 0 saturated carbocycles. The summed E-state index contributed by atoms with van der Waals surface area (Å²) in [5, 5.41) is 0. The van der Waals surface area contributed by atoms with Crippen LogP contribution in [0.2, 0.25) is 0 Å². The number of benzene rings is 2. The number of piperazine rings is 1. The summed E-state index contributed by atoms with van der Waals surface area (Å²) < 4.78 is 20.0. The van der Waals surface area contributed by atoms with Crippen LogP contribution in [0, 0.1) is 5.82 Å². The van der Waals surface area contributed by atoms with Gasteiger partial charge in [-0.25, -0.2) is 9.18 Å². The summed E-state index contributed by atoms with van der Waals surface area (Å²) in [5.41, 5.74) is 2.81. The largest absolute Gasteiger partial charge is 0.419 e. The van der Waals surface area contributed by atoms with E-state index in [-0.39, 0.29) is 29.8 Å². The fourth-order valence-electron chi connectivity index (χ4n) is 3.98. The van der Waals surface area contributed by atoms with Crippen molar-refractivity contribution in [3.63, 3.8) is 0 Å². The number of fused-ring (bicyclic) bond motifs is 1. The van der Waals surface area contributed by atoms with E-state index in [0.29, 0.717) is 17.7 Å². The van der Waals surface area contributed by atoms with Crippen LogP contribution in [-0.4, -0.2) is 48.0 Å². The van der Waals surface area contributed by atoms with Gasteiger partial charge < -0.3 is 9.32 Å². The van der Waals surface area contributed by atoms with Crippen molar-refractivity contribution in [1.29, 1.82) is 0 Å². The van der Waals surface area contributed by atoms with Crippen LogP contribution in [0.3, 0.4) is 0 Å². The van der Waals surface area contributed by atoms with Crippen LogP contribution in [-0.2, 0) is 6.54 Å². The molecule has 4 rings (SSSR count). The second kappa shape index (κ2) is 10.1. The van der Waals surface area contributed by atoms with Gasteiger partial charge in [0.1, 0.15) is 5.82 Å². The topological polar surface area (TPSA) is 58.7 Å². The van der Waals surface area contributed by atoms with Crippen LogP contribution in [0.1, 0.15) is 30.1 Å². The molecule has 6 nitrogen and oxygen atoms in total. The third-order valence-electron chi connectivity index (χ3n) is 5.74. The van der Waals surface area contributed by atoms with E-state index in [4.69, 9.17) is 4.42 Å². The zero-order chi connectivity index (χ0) is 21.1. The lowest BCUT2D eigenvalue weighted by Crippen LogP contribution is -2.46. The summed E-state index contributed by atoms with van der Waals surface area (Å²) in [6.45, 7) is 6.87. The number of aryl methyl sites for hydroxylation is 1. The number of aromatic nitrogens is 1. The van der Waals surface area contributed by atoms with E-state index in [9.17, 15) is 14.0 Å². The molecular formula is C23H27ClFN3O3. The smallest absolute Gasteiger partial charge is 0.408 e. The number of nitrogens with zero attached hydrogens (tertiary/aromatic N) is 3. The number of rotatable bonds is 7. The molecule has 0 spiro atoms. The average Bonchev–Trinajstić information content (AvgIpc) is 3.06. The molecule has 31 heavy (non-hydrogen) atoms. The molecule has 3 aromatic rings. The molecule has 2 heterocycles. The van der Waals surface area contributed by atoms with E-state index < -0.39 is 0 Å². The minimum Gasteiger partial charge on any atom is -0.408 e. The Morgan fingerprint density at radius 2 is 1.68 bits per heavy atom. The molecule has 1 saturated heterocycles. The third kappa shape index (κ3) is 5.35. The number of unbranched alkanes of at least 4 members (excludes halogenated alkanes) is 1. The van der Waals surface area contributed by atoms with E-state index in [1.165, 1.54) is 19.1 Å². The van der Waals surface area contributed by atoms with Gasteiger partial charge in [0.05, 0.1) is 5.52 Å². The van der Waals surface area contributed by atoms with Gasteiger partial charge >= 0.3 is 5.76 Å². The van der Waals surface area contributed by atoms with Crippen molar-refractivity contribution in [3.8, 4) is 0 Å². The second-order valence-electron chi connectivity index (χ2n) is 7.77. The number of carbonyl (C=O) groups is 1. The molecule has 0 N–H and O–H groups in total. The Morgan fingerprint density at radius 3 is 2.35 bits per heavy atom. The Balaban J connectivity index is 0.00000272. The van der Waals surface area contributed by atoms with Crippen LogP contribution in [0.15, 0.2) is 51.7 Å². The number of hydrogen-bond acceptors (Lipinski definition) is 5. The molecule has 0 amide bonds.